The number of fused-ring (bicyclic) bond motifs is 1. The molecule has 2 aliphatic carbocycles. The third-order valence-electron chi connectivity index (χ3n) is 16.0. The number of aliphatic carboxylic acids is 1. The summed E-state index contributed by atoms with van der Waals surface area (Å²) in [5.74, 6) is -6.91. The molecule has 4 aromatic carbocycles. The second-order valence-electron chi connectivity index (χ2n) is 20.9. The van der Waals surface area contributed by atoms with Crippen molar-refractivity contribution in [2.45, 2.75) is 106 Å². The Morgan fingerprint density at radius 2 is 1.62 bits per heavy atom. The molecule has 2 bridgehead atoms. The van der Waals surface area contributed by atoms with Gasteiger partial charge in [-0.05, 0) is 127 Å². The number of nitrogens with two attached hydrogens (primary N) is 1. The summed E-state index contributed by atoms with van der Waals surface area (Å²) < 4.78 is 26.1. The molecule has 12 N–H and O–H groups in total. The van der Waals surface area contributed by atoms with Crippen molar-refractivity contribution in [3.8, 4) is 34.5 Å². The zero-order valence-electron chi connectivity index (χ0n) is 42.3. The van der Waals surface area contributed by atoms with Crippen LogP contribution in [0.5, 0.6) is 34.5 Å². The third-order valence-corrected chi connectivity index (χ3v) is 16.0. The van der Waals surface area contributed by atoms with E-state index in [4.69, 9.17) is 24.7 Å². The van der Waals surface area contributed by atoms with Gasteiger partial charge in [0.25, 0.3) is 0 Å². The number of para-hydroxylation sites is 1. The molecule has 8 rings (SSSR count). The number of aromatic hydroxyl groups is 5. The Morgan fingerprint density at radius 3 is 2.36 bits per heavy atom. The molecular formula is C58H70N2O16. The Morgan fingerprint density at radius 1 is 0.829 bits per heavy atom. The van der Waals surface area contributed by atoms with Gasteiger partial charge in [-0.2, -0.15) is 0 Å². The third kappa shape index (κ3) is 11.9. The van der Waals surface area contributed by atoms with Gasteiger partial charge >= 0.3 is 5.97 Å². The molecule has 18 nitrogen and oxygen atoms in total. The van der Waals surface area contributed by atoms with E-state index in [1.54, 1.807) is 18.2 Å². The van der Waals surface area contributed by atoms with Crippen LogP contribution in [0.3, 0.4) is 0 Å². The van der Waals surface area contributed by atoms with Gasteiger partial charge in [0.2, 0.25) is 0 Å². The van der Waals surface area contributed by atoms with Gasteiger partial charge in [0.15, 0.2) is 51.7 Å². The first-order valence-electron chi connectivity index (χ1n) is 26.0. The van der Waals surface area contributed by atoms with Gasteiger partial charge in [0, 0.05) is 44.0 Å². The first kappa shape index (κ1) is 55.9. The second kappa shape index (κ2) is 24.3. The maximum absolute atomic E-state index is 15.5. The molecule has 0 aromatic heterocycles. The second-order valence-corrected chi connectivity index (χ2v) is 20.9. The number of ether oxygens (including phenoxy) is 4. The largest absolute Gasteiger partial charge is 0.504 e. The fraction of sp³-hybridized carbons (Fsp3) is 0.466. The highest BCUT2D eigenvalue weighted by Crippen LogP contribution is 2.58. The van der Waals surface area contributed by atoms with Crippen LogP contribution in [-0.2, 0) is 48.0 Å². The van der Waals surface area contributed by atoms with Crippen LogP contribution in [0.1, 0.15) is 79.2 Å². The fourth-order valence-electron chi connectivity index (χ4n) is 12.2. The van der Waals surface area contributed by atoms with E-state index in [0.717, 1.165) is 18.4 Å². The minimum Gasteiger partial charge on any atom is -0.504 e. The summed E-state index contributed by atoms with van der Waals surface area (Å²) in [7, 11) is 0. The Kier molecular flexibility index (Phi) is 17.9. The maximum atomic E-state index is 15.5. The van der Waals surface area contributed by atoms with E-state index >= 15 is 4.79 Å². The van der Waals surface area contributed by atoms with Crippen LogP contribution >= 0.6 is 0 Å². The van der Waals surface area contributed by atoms with Crippen LogP contribution in [0.15, 0.2) is 91.0 Å². The molecule has 2 aliphatic heterocycles. The number of aliphatic hydroxyl groups excluding tert-OH is 3. The summed E-state index contributed by atoms with van der Waals surface area (Å²) in [6, 6.07) is 21.2. The van der Waals surface area contributed by atoms with Gasteiger partial charge in [-0.1, -0.05) is 73.5 Å². The monoisotopic (exact) mass is 1050 g/mol. The summed E-state index contributed by atoms with van der Waals surface area (Å²) in [5.41, 5.74) is 1.79. The molecule has 0 spiro atoms. The number of aryl methyl sites for hydroxylation is 1. The number of phenols is 5. The fourth-order valence-corrected chi connectivity index (χ4v) is 12.2. The highest BCUT2D eigenvalue weighted by Gasteiger charge is 2.73. The molecule has 10 atom stereocenters. The molecule has 4 aliphatic rings. The molecule has 76 heavy (non-hydrogen) atoms. The lowest BCUT2D eigenvalue weighted by molar-refractivity contribution is -0.345. The predicted molar refractivity (Wildman–Crippen MR) is 278 cm³/mol. The number of aliphatic hydroxyl groups is 3. The van der Waals surface area contributed by atoms with E-state index in [1.165, 1.54) is 54.6 Å². The van der Waals surface area contributed by atoms with Gasteiger partial charge < -0.3 is 76.0 Å². The van der Waals surface area contributed by atoms with Gasteiger partial charge in [-0.15, -0.1) is 0 Å². The van der Waals surface area contributed by atoms with E-state index in [2.05, 4.69) is 5.32 Å². The van der Waals surface area contributed by atoms with E-state index < -0.39 is 102 Å². The zero-order chi connectivity index (χ0) is 54.2. The van der Waals surface area contributed by atoms with Crippen molar-refractivity contribution in [1.82, 2.24) is 5.32 Å². The average Bonchev–Trinajstić information content (AvgIpc) is 3.45. The Labute approximate surface area is 441 Å². The molecule has 10 unspecified atom stereocenters. The summed E-state index contributed by atoms with van der Waals surface area (Å²) in [6.45, 7) is -1.76. The molecule has 18 heteroatoms. The van der Waals surface area contributed by atoms with Crippen LogP contribution in [0.4, 0.5) is 0 Å². The van der Waals surface area contributed by atoms with Crippen LogP contribution in [0.25, 0.3) is 12.2 Å². The minimum absolute atomic E-state index is 0.00256. The number of ketones is 2. The predicted octanol–water partition coefficient (Wildman–Crippen LogP) is 5.07. The zero-order valence-corrected chi connectivity index (χ0v) is 42.3. The van der Waals surface area contributed by atoms with Gasteiger partial charge in [-0.3, -0.25) is 9.59 Å². The Hall–Kier alpha value is -6.35. The molecule has 2 saturated carbocycles. The van der Waals surface area contributed by atoms with E-state index in [-0.39, 0.29) is 85.2 Å². The van der Waals surface area contributed by atoms with Crippen molar-refractivity contribution in [3.63, 3.8) is 0 Å². The highest BCUT2D eigenvalue weighted by molar-refractivity contribution is 6.01. The Bertz CT molecular complexity index is 2750. The normalized spacial score (nSPS) is 28.4. The van der Waals surface area contributed by atoms with Crippen molar-refractivity contribution in [2.24, 2.45) is 29.4 Å². The summed E-state index contributed by atoms with van der Waals surface area (Å²) >= 11 is 0. The van der Waals surface area contributed by atoms with Crippen molar-refractivity contribution in [2.75, 3.05) is 39.5 Å². The van der Waals surface area contributed by atoms with Crippen LogP contribution in [-0.4, -0.2) is 138 Å². The molecule has 2 saturated heterocycles. The smallest absolute Gasteiger partial charge is 0.336 e. The lowest BCUT2D eigenvalue weighted by Crippen LogP contribution is -2.80. The number of carboxylic acid groups (broad SMARTS) is 1. The molecule has 0 radical (unpaired) electrons. The van der Waals surface area contributed by atoms with Gasteiger partial charge in [0.05, 0.1) is 19.3 Å². The highest BCUT2D eigenvalue weighted by atomic mass is 16.6. The van der Waals surface area contributed by atoms with Crippen LogP contribution < -0.4 is 15.8 Å². The number of carbonyl (C=O) groups is 3. The number of carboxylic acids is 1. The van der Waals surface area contributed by atoms with Crippen LogP contribution in [0.2, 0.25) is 0 Å². The molecule has 4 fully saturated rings. The maximum Gasteiger partial charge on any atom is 0.336 e. The summed E-state index contributed by atoms with van der Waals surface area (Å²) in [4.78, 5) is 43.4. The molecule has 2 heterocycles. The van der Waals surface area contributed by atoms with Crippen molar-refractivity contribution in [1.29, 1.82) is 0 Å². The van der Waals surface area contributed by atoms with Crippen molar-refractivity contribution in [3.05, 3.63) is 119 Å². The van der Waals surface area contributed by atoms with E-state index in [9.17, 15) is 55.5 Å². The Balaban J connectivity index is 1.19. The first-order chi connectivity index (χ1) is 36.5. The standard InChI is InChI=1S/C58H70N2O16/c59-20-21-73-50-18-15-36(24-48(50)67)14-17-44(63)33-75-57(55(71)72)29-49(68)54-58(34-60-43-10-4-8-37(23-43)22-40-9-5-11-45(64)53(40)70)51(57)27-42(31-62)56(76-58,28-38(32-74-54)13-12-35-6-2-1-3-7-35)52(69)19-16-39-25-46(65)47(66)26-41(39)30-61/h1-3,5-7,9,11,14-19,24-26,37-38,42-43,49,51,54,60-62,64-68,70H,4,8,10,12-13,20-23,27-34,59H2,(H,71,72). The molecule has 0 amide bonds. The minimum atomic E-state index is -2.36. The number of hydrogen-bond acceptors (Lipinski definition) is 17. The number of rotatable bonds is 22. The van der Waals surface area contributed by atoms with E-state index in [1.807, 2.05) is 30.3 Å². The number of benzene rings is 4. The summed E-state index contributed by atoms with van der Waals surface area (Å²) in [5, 5.41) is 102. The summed E-state index contributed by atoms with van der Waals surface area (Å²) in [6.07, 6.45) is 5.92. The van der Waals surface area contributed by atoms with Crippen molar-refractivity contribution >= 4 is 29.7 Å². The number of nitrogens with one attached hydrogen (secondary N) is 1. The number of carbonyl (C=O) groups excluding carboxylic acids is 2. The first-order valence-corrected chi connectivity index (χ1v) is 26.0. The lowest BCUT2D eigenvalue weighted by Gasteiger charge is -2.65. The SMILES string of the molecule is NCCOc1ccc(C=CC(=O)COC2(C(=O)O)CC(O)C3OCC(CCc4ccccc4)CC4(C(=O)C=Cc5cc(O)c(O)cc5CO)OC3(CNC3CCCC(Cc5cccc(O)c5O)C3)C2CC4CO)cc1O. The van der Waals surface area contributed by atoms with E-state index in [0.29, 0.717) is 43.2 Å². The number of phenolic OH excluding ortho intramolecular Hbond substituents is 5. The van der Waals surface area contributed by atoms with Crippen molar-refractivity contribution < 1.29 is 79.3 Å². The van der Waals surface area contributed by atoms with Gasteiger partial charge in [-0.25, -0.2) is 4.79 Å². The van der Waals surface area contributed by atoms with Crippen LogP contribution in [0, 0.1) is 23.7 Å². The molecule has 408 valence electrons. The molecule has 4 aromatic rings. The quantitative estimate of drug-likeness (QED) is 0.0362. The topological polar surface area (TPSA) is 308 Å². The molecular weight excluding hydrogens is 981 g/mol. The lowest BCUT2D eigenvalue weighted by atomic mass is 9.55. The van der Waals surface area contributed by atoms with Gasteiger partial charge in [0.1, 0.15) is 30.5 Å². The number of hydrogen-bond donors (Lipinski definition) is 11. The average molecular weight is 1050 g/mol.